The van der Waals surface area contributed by atoms with E-state index in [1.807, 2.05) is 38.1 Å². The molecule has 0 aliphatic rings. The van der Waals surface area contributed by atoms with Crippen LogP contribution in [0.25, 0.3) is 0 Å². The molecule has 0 unspecified atom stereocenters. The third kappa shape index (κ3) is 7.17. The van der Waals surface area contributed by atoms with Gasteiger partial charge in [-0.1, -0.05) is 32.9 Å². The summed E-state index contributed by atoms with van der Waals surface area (Å²) in [7, 11) is 1.35. The lowest BCUT2D eigenvalue weighted by molar-refractivity contribution is -0.142. The second kappa shape index (κ2) is 9.87. The van der Waals surface area contributed by atoms with Crippen LogP contribution in [0.2, 0.25) is 0 Å². The van der Waals surface area contributed by atoms with Crippen LogP contribution in [0.1, 0.15) is 32.8 Å². The van der Waals surface area contributed by atoms with Gasteiger partial charge in [0, 0.05) is 13.1 Å². The summed E-state index contributed by atoms with van der Waals surface area (Å²) in [4.78, 5) is 25.3. The Morgan fingerprint density at radius 3 is 2.61 bits per heavy atom. The maximum Gasteiger partial charge on any atom is 0.307 e. The molecule has 0 fully saturated rings. The minimum Gasteiger partial charge on any atom is -0.484 e. The molecule has 1 rings (SSSR count). The number of benzene rings is 1. The highest BCUT2D eigenvalue weighted by atomic mass is 16.5. The summed E-state index contributed by atoms with van der Waals surface area (Å²) in [5.41, 5.74) is 1.17. The van der Waals surface area contributed by atoms with E-state index < -0.39 is 0 Å². The highest BCUT2D eigenvalue weighted by molar-refractivity contribution is 5.78. The Morgan fingerprint density at radius 2 is 2.00 bits per heavy atom. The Balaban J connectivity index is 2.59. The molecule has 0 atom stereocenters. The van der Waals surface area contributed by atoms with Crippen LogP contribution in [-0.2, 0) is 20.7 Å². The van der Waals surface area contributed by atoms with Gasteiger partial charge in [-0.05, 0) is 30.0 Å². The van der Waals surface area contributed by atoms with Crippen molar-refractivity contribution in [2.75, 3.05) is 26.8 Å². The van der Waals surface area contributed by atoms with Crippen LogP contribution in [0.3, 0.4) is 0 Å². The number of ether oxygens (including phenoxy) is 2. The first kappa shape index (κ1) is 19.0. The minimum atomic E-state index is -0.317. The summed E-state index contributed by atoms with van der Waals surface area (Å²) in [6.45, 7) is 7.05. The zero-order valence-electron chi connectivity index (χ0n) is 14.5. The number of carbonyl (C=O) groups is 2. The van der Waals surface area contributed by atoms with Crippen LogP contribution < -0.4 is 4.74 Å². The quantitative estimate of drug-likeness (QED) is 0.656. The summed E-state index contributed by atoms with van der Waals surface area (Å²) in [6, 6.07) is 7.72. The van der Waals surface area contributed by atoms with Gasteiger partial charge in [0.1, 0.15) is 5.75 Å². The topological polar surface area (TPSA) is 55.8 Å². The molecule has 23 heavy (non-hydrogen) atoms. The van der Waals surface area contributed by atoms with Crippen LogP contribution in [0.5, 0.6) is 5.75 Å². The van der Waals surface area contributed by atoms with Crippen LogP contribution >= 0.6 is 0 Å². The first-order valence-electron chi connectivity index (χ1n) is 8.02. The van der Waals surface area contributed by atoms with Crippen molar-refractivity contribution in [3.63, 3.8) is 0 Å². The fourth-order valence-electron chi connectivity index (χ4n) is 2.18. The van der Waals surface area contributed by atoms with E-state index in [-0.39, 0.29) is 24.9 Å². The number of hydrogen-bond acceptors (Lipinski definition) is 4. The number of aryl methyl sites for hydroxylation is 1. The average Bonchev–Trinajstić information content (AvgIpc) is 2.55. The molecule has 1 aromatic carbocycles. The van der Waals surface area contributed by atoms with E-state index in [0.717, 1.165) is 6.42 Å². The first-order valence-corrected chi connectivity index (χ1v) is 8.02. The van der Waals surface area contributed by atoms with Crippen LogP contribution in [0.15, 0.2) is 24.3 Å². The molecule has 0 saturated carbocycles. The molecule has 0 N–H and O–H groups in total. The second-order valence-electron chi connectivity index (χ2n) is 5.85. The zero-order valence-corrected chi connectivity index (χ0v) is 14.5. The summed E-state index contributed by atoms with van der Waals surface area (Å²) in [6.07, 6.45) is 1.12. The van der Waals surface area contributed by atoms with Crippen molar-refractivity contribution in [2.45, 2.75) is 33.6 Å². The molecular formula is C18H27NO4. The van der Waals surface area contributed by atoms with Crippen LogP contribution in [0, 0.1) is 5.92 Å². The normalized spacial score (nSPS) is 10.5. The van der Waals surface area contributed by atoms with Crippen molar-refractivity contribution < 1.29 is 19.1 Å². The fourth-order valence-corrected chi connectivity index (χ4v) is 2.18. The predicted octanol–water partition coefficient (Wildman–Crippen LogP) is 2.68. The molecule has 5 heteroatoms. The molecular weight excluding hydrogens is 294 g/mol. The summed E-state index contributed by atoms with van der Waals surface area (Å²) < 4.78 is 10.2. The summed E-state index contributed by atoms with van der Waals surface area (Å²) in [5, 5.41) is 0. The molecule has 0 heterocycles. The lowest BCUT2D eigenvalue weighted by atomic mass is 10.2. The minimum absolute atomic E-state index is 0.0267. The van der Waals surface area contributed by atoms with Crippen LogP contribution in [-0.4, -0.2) is 43.6 Å². The molecule has 0 radical (unpaired) electrons. The monoisotopic (exact) mass is 321 g/mol. The van der Waals surface area contributed by atoms with E-state index in [1.165, 1.54) is 12.7 Å². The molecule has 1 amide bonds. The third-order valence-corrected chi connectivity index (χ3v) is 3.42. The predicted molar refractivity (Wildman–Crippen MR) is 89.4 cm³/mol. The van der Waals surface area contributed by atoms with Crippen molar-refractivity contribution >= 4 is 11.9 Å². The van der Waals surface area contributed by atoms with Crippen LogP contribution in [0.4, 0.5) is 0 Å². The van der Waals surface area contributed by atoms with Crippen molar-refractivity contribution in [2.24, 2.45) is 5.92 Å². The maximum atomic E-state index is 12.4. The highest BCUT2D eigenvalue weighted by Gasteiger charge is 2.17. The SMILES string of the molecule is CCc1cccc(OCC(=O)N(CCC(=O)OC)CC(C)C)c1. The van der Waals surface area contributed by atoms with Gasteiger partial charge < -0.3 is 14.4 Å². The molecule has 0 bridgehead atoms. The van der Waals surface area contributed by atoms with Gasteiger partial charge in [0.2, 0.25) is 0 Å². The average molecular weight is 321 g/mol. The van der Waals surface area contributed by atoms with Crippen molar-refractivity contribution in [3.8, 4) is 5.75 Å². The van der Waals surface area contributed by atoms with Crippen molar-refractivity contribution in [3.05, 3.63) is 29.8 Å². The first-order chi connectivity index (χ1) is 11.0. The number of rotatable bonds is 9. The lowest BCUT2D eigenvalue weighted by Gasteiger charge is -2.24. The van der Waals surface area contributed by atoms with Crippen molar-refractivity contribution in [1.29, 1.82) is 0 Å². The van der Waals surface area contributed by atoms with Gasteiger partial charge in [0.25, 0.3) is 5.91 Å². The Labute approximate surface area is 138 Å². The van der Waals surface area contributed by atoms with Crippen molar-refractivity contribution in [1.82, 2.24) is 4.90 Å². The maximum absolute atomic E-state index is 12.4. The van der Waals surface area contributed by atoms with Gasteiger partial charge in [0.15, 0.2) is 6.61 Å². The molecule has 0 aromatic heterocycles. The van der Waals surface area contributed by atoms with E-state index in [0.29, 0.717) is 24.8 Å². The number of esters is 1. The number of nitrogens with zero attached hydrogens (tertiary/aromatic N) is 1. The third-order valence-electron chi connectivity index (χ3n) is 3.42. The number of hydrogen-bond donors (Lipinski definition) is 0. The standard InChI is InChI=1S/C18H27NO4/c1-5-15-7-6-8-16(11-15)23-13-17(20)19(12-14(2)3)10-9-18(21)22-4/h6-8,11,14H,5,9-10,12-13H2,1-4H3. The number of amides is 1. The van der Waals surface area contributed by atoms with E-state index >= 15 is 0 Å². The van der Waals surface area contributed by atoms with Gasteiger partial charge in [-0.25, -0.2) is 0 Å². The summed E-state index contributed by atoms with van der Waals surface area (Å²) >= 11 is 0. The molecule has 1 aromatic rings. The van der Waals surface area contributed by atoms with Gasteiger partial charge >= 0.3 is 5.97 Å². The Morgan fingerprint density at radius 1 is 1.26 bits per heavy atom. The molecule has 0 aliphatic carbocycles. The summed E-state index contributed by atoms with van der Waals surface area (Å²) in [5.74, 6) is 0.572. The smallest absolute Gasteiger partial charge is 0.307 e. The second-order valence-corrected chi connectivity index (χ2v) is 5.85. The fraction of sp³-hybridized carbons (Fsp3) is 0.556. The largest absolute Gasteiger partial charge is 0.484 e. The van der Waals surface area contributed by atoms with E-state index in [2.05, 4.69) is 11.7 Å². The lowest BCUT2D eigenvalue weighted by Crippen LogP contribution is -2.39. The molecule has 0 aliphatic heterocycles. The Hall–Kier alpha value is -2.04. The van der Waals surface area contributed by atoms with Gasteiger partial charge in [-0.3, -0.25) is 9.59 Å². The Bertz CT molecular complexity index is 513. The molecule has 0 spiro atoms. The number of carbonyl (C=O) groups excluding carboxylic acids is 2. The Kier molecular flexibility index (Phi) is 8.16. The van der Waals surface area contributed by atoms with E-state index in [4.69, 9.17) is 4.74 Å². The highest BCUT2D eigenvalue weighted by Crippen LogP contribution is 2.14. The van der Waals surface area contributed by atoms with Gasteiger partial charge in [-0.15, -0.1) is 0 Å². The zero-order chi connectivity index (χ0) is 17.2. The van der Waals surface area contributed by atoms with E-state index in [9.17, 15) is 9.59 Å². The molecule has 5 nitrogen and oxygen atoms in total. The molecule has 0 saturated heterocycles. The van der Waals surface area contributed by atoms with Gasteiger partial charge in [0.05, 0.1) is 13.5 Å². The number of methoxy groups -OCH3 is 1. The van der Waals surface area contributed by atoms with E-state index in [1.54, 1.807) is 4.90 Å². The van der Waals surface area contributed by atoms with Gasteiger partial charge in [-0.2, -0.15) is 0 Å². The molecule has 128 valence electrons.